The molecular weight excluding hydrogens is 252 g/mol. The number of hydrogen-bond acceptors (Lipinski definition) is 2. The zero-order valence-electron chi connectivity index (χ0n) is 11.8. The molecule has 0 radical (unpaired) electrons. The van der Waals surface area contributed by atoms with Crippen LogP contribution >= 0.6 is 0 Å². The molecule has 0 aliphatic carbocycles. The van der Waals surface area contributed by atoms with Crippen molar-refractivity contribution in [1.29, 1.82) is 0 Å². The van der Waals surface area contributed by atoms with Crippen molar-refractivity contribution in [2.45, 2.75) is 32.2 Å². The lowest BCUT2D eigenvalue weighted by Crippen LogP contribution is -2.39. The Labute approximate surface area is 118 Å². The van der Waals surface area contributed by atoms with Gasteiger partial charge in [-0.05, 0) is 43.7 Å². The quantitative estimate of drug-likeness (QED) is 0.902. The smallest absolute Gasteiger partial charge is 0.410 e. The number of carbonyl (C=O) groups is 1. The molecule has 1 saturated heterocycles. The van der Waals surface area contributed by atoms with Crippen molar-refractivity contribution in [2.75, 3.05) is 13.2 Å². The minimum atomic E-state index is -0.198. The average Bonchev–Trinajstić information content (AvgIpc) is 2.91. The average molecular weight is 272 g/mol. The third kappa shape index (κ3) is 2.38. The predicted octanol–water partition coefficient (Wildman–Crippen LogP) is 3.85. The number of fused-ring (bicyclic) bond motifs is 1. The second-order valence-corrected chi connectivity index (χ2v) is 5.22. The number of hydrogen-bond donors (Lipinski definition) is 1. The van der Waals surface area contributed by atoms with Gasteiger partial charge in [0, 0.05) is 17.8 Å². The van der Waals surface area contributed by atoms with Gasteiger partial charge in [0.2, 0.25) is 0 Å². The van der Waals surface area contributed by atoms with Gasteiger partial charge in [-0.3, -0.25) is 4.90 Å². The fourth-order valence-corrected chi connectivity index (χ4v) is 2.96. The number of rotatable bonds is 2. The fraction of sp³-hybridized carbons (Fsp3) is 0.438. The number of piperidine rings is 1. The molecule has 1 N–H and O–H groups in total. The molecule has 1 aliphatic heterocycles. The Balaban J connectivity index is 1.90. The summed E-state index contributed by atoms with van der Waals surface area (Å²) in [5.41, 5.74) is 2.23. The Kier molecular flexibility index (Phi) is 3.63. The van der Waals surface area contributed by atoms with E-state index in [9.17, 15) is 4.79 Å². The topological polar surface area (TPSA) is 45.3 Å². The molecule has 4 heteroatoms. The SMILES string of the molecule is CCOC(=O)N1CCCCC1c1cc2ccccc2[nH]1. The summed E-state index contributed by atoms with van der Waals surface area (Å²) < 4.78 is 5.18. The minimum Gasteiger partial charge on any atom is -0.450 e. The molecule has 0 spiro atoms. The molecule has 1 unspecified atom stereocenters. The van der Waals surface area contributed by atoms with Crippen LogP contribution in [0.3, 0.4) is 0 Å². The minimum absolute atomic E-state index is 0.107. The first kappa shape index (κ1) is 13.0. The maximum atomic E-state index is 12.1. The molecule has 1 fully saturated rings. The highest BCUT2D eigenvalue weighted by Gasteiger charge is 2.29. The monoisotopic (exact) mass is 272 g/mol. The summed E-state index contributed by atoms with van der Waals surface area (Å²) in [6.07, 6.45) is 2.99. The second-order valence-electron chi connectivity index (χ2n) is 5.22. The summed E-state index contributed by atoms with van der Waals surface area (Å²) >= 11 is 0. The number of benzene rings is 1. The van der Waals surface area contributed by atoms with Gasteiger partial charge in [0.15, 0.2) is 0 Å². The lowest BCUT2D eigenvalue weighted by Gasteiger charge is -2.34. The van der Waals surface area contributed by atoms with Crippen molar-refractivity contribution in [3.05, 3.63) is 36.0 Å². The number of nitrogens with zero attached hydrogens (tertiary/aromatic N) is 1. The Morgan fingerprint density at radius 2 is 2.25 bits per heavy atom. The molecule has 1 aromatic carbocycles. The molecule has 20 heavy (non-hydrogen) atoms. The van der Waals surface area contributed by atoms with Crippen LogP contribution in [0.1, 0.15) is 37.9 Å². The van der Waals surface area contributed by atoms with E-state index in [4.69, 9.17) is 4.74 Å². The first-order chi connectivity index (χ1) is 9.79. The van der Waals surface area contributed by atoms with Crippen LogP contribution in [0, 0.1) is 0 Å². The van der Waals surface area contributed by atoms with Crippen LogP contribution < -0.4 is 0 Å². The zero-order chi connectivity index (χ0) is 13.9. The van der Waals surface area contributed by atoms with Crippen LogP contribution in [-0.2, 0) is 4.74 Å². The maximum absolute atomic E-state index is 12.1. The van der Waals surface area contributed by atoms with E-state index in [0.717, 1.165) is 37.0 Å². The normalized spacial score (nSPS) is 19.2. The highest BCUT2D eigenvalue weighted by Crippen LogP contribution is 2.32. The second kappa shape index (κ2) is 5.57. The summed E-state index contributed by atoms with van der Waals surface area (Å²) in [5.74, 6) is 0. The number of nitrogens with one attached hydrogen (secondary N) is 1. The summed E-state index contributed by atoms with van der Waals surface area (Å²) in [4.78, 5) is 17.4. The van der Waals surface area contributed by atoms with Gasteiger partial charge in [0.05, 0.1) is 12.6 Å². The molecule has 2 aromatic rings. The zero-order valence-corrected chi connectivity index (χ0v) is 11.8. The van der Waals surface area contributed by atoms with E-state index >= 15 is 0 Å². The molecule has 4 nitrogen and oxygen atoms in total. The summed E-state index contributed by atoms with van der Waals surface area (Å²) in [5, 5.41) is 1.19. The molecule has 106 valence electrons. The molecule has 1 atom stereocenters. The van der Waals surface area contributed by atoms with Crippen molar-refractivity contribution in [1.82, 2.24) is 9.88 Å². The van der Waals surface area contributed by atoms with Gasteiger partial charge in [-0.1, -0.05) is 18.2 Å². The number of amides is 1. The molecule has 1 amide bonds. The summed E-state index contributed by atoms with van der Waals surface area (Å²) in [6, 6.07) is 10.5. The number of para-hydroxylation sites is 1. The first-order valence-electron chi connectivity index (χ1n) is 7.30. The third-order valence-electron chi connectivity index (χ3n) is 3.91. The van der Waals surface area contributed by atoms with Gasteiger partial charge in [-0.25, -0.2) is 4.79 Å². The molecule has 0 bridgehead atoms. The lowest BCUT2D eigenvalue weighted by molar-refractivity contribution is 0.0757. The number of aromatic nitrogens is 1. The number of likely N-dealkylation sites (tertiary alicyclic amines) is 1. The first-order valence-corrected chi connectivity index (χ1v) is 7.30. The Morgan fingerprint density at radius 3 is 3.05 bits per heavy atom. The maximum Gasteiger partial charge on any atom is 0.410 e. The highest BCUT2D eigenvalue weighted by molar-refractivity contribution is 5.80. The molecule has 0 saturated carbocycles. The predicted molar refractivity (Wildman–Crippen MR) is 78.6 cm³/mol. The van der Waals surface area contributed by atoms with Gasteiger partial charge >= 0.3 is 6.09 Å². The van der Waals surface area contributed by atoms with Gasteiger partial charge in [-0.2, -0.15) is 0 Å². The van der Waals surface area contributed by atoms with Gasteiger partial charge < -0.3 is 9.72 Å². The van der Waals surface area contributed by atoms with E-state index < -0.39 is 0 Å². The Hall–Kier alpha value is -1.97. The van der Waals surface area contributed by atoms with Crippen molar-refractivity contribution < 1.29 is 9.53 Å². The van der Waals surface area contributed by atoms with E-state index in [1.165, 1.54) is 5.39 Å². The molecule has 2 heterocycles. The standard InChI is InChI=1S/C16H20N2O2/c1-2-20-16(19)18-10-6-5-9-15(18)14-11-12-7-3-4-8-13(12)17-14/h3-4,7-8,11,15,17H,2,5-6,9-10H2,1H3. The fourth-order valence-electron chi connectivity index (χ4n) is 2.96. The van der Waals surface area contributed by atoms with Gasteiger partial charge in [0.1, 0.15) is 0 Å². The van der Waals surface area contributed by atoms with Crippen LogP contribution in [0.15, 0.2) is 30.3 Å². The summed E-state index contributed by atoms with van der Waals surface area (Å²) in [6.45, 7) is 3.05. The van der Waals surface area contributed by atoms with Gasteiger partial charge in [0.25, 0.3) is 0 Å². The number of H-pyrrole nitrogens is 1. The van der Waals surface area contributed by atoms with E-state index in [-0.39, 0.29) is 12.1 Å². The molecule has 1 aromatic heterocycles. The van der Waals surface area contributed by atoms with Crippen LogP contribution in [0.25, 0.3) is 10.9 Å². The van der Waals surface area contributed by atoms with Crippen LogP contribution in [-0.4, -0.2) is 29.1 Å². The lowest BCUT2D eigenvalue weighted by atomic mass is 10.00. The van der Waals surface area contributed by atoms with E-state index in [1.807, 2.05) is 24.0 Å². The molecule has 3 rings (SSSR count). The summed E-state index contributed by atoms with van der Waals surface area (Å²) in [7, 11) is 0. The number of carbonyl (C=O) groups excluding carboxylic acids is 1. The molecule has 1 aliphatic rings. The number of aromatic amines is 1. The van der Waals surface area contributed by atoms with Gasteiger partial charge in [-0.15, -0.1) is 0 Å². The van der Waals surface area contributed by atoms with Crippen molar-refractivity contribution in [3.63, 3.8) is 0 Å². The largest absolute Gasteiger partial charge is 0.450 e. The Morgan fingerprint density at radius 1 is 1.40 bits per heavy atom. The van der Waals surface area contributed by atoms with Crippen LogP contribution in [0.5, 0.6) is 0 Å². The van der Waals surface area contributed by atoms with E-state index in [0.29, 0.717) is 6.61 Å². The third-order valence-corrected chi connectivity index (χ3v) is 3.91. The highest BCUT2D eigenvalue weighted by atomic mass is 16.6. The van der Waals surface area contributed by atoms with E-state index in [2.05, 4.69) is 23.2 Å². The Bertz CT molecular complexity index is 572. The van der Waals surface area contributed by atoms with Crippen molar-refractivity contribution >= 4 is 17.0 Å². The van der Waals surface area contributed by atoms with Crippen LogP contribution in [0.4, 0.5) is 4.79 Å². The van der Waals surface area contributed by atoms with Crippen molar-refractivity contribution in [3.8, 4) is 0 Å². The van der Waals surface area contributed by atoms with Crippen molar-refractivity contribution in [2.24, 2.45) is 0 Å². The molecular formula is C16H20N2O2. The van der Waals surface area contributed by atoms with E-state index in [1.54, 1.807) is 0 Å². The number of ether oxygens (including phenoxy) is 1. The van der Waals surface area contributed by atoms with Crippen LogP contribution in [0.2, 0.25) is 0 Å².